The maximum Gasteiger partial charge on any atom is 0.143 e. The molecule has 2 rings (SSSR count). The number of thioether (sulfide) groups is 1. The molecule has 1 aromatic carbocycles. The molecule has 2 aromatic rings. The molecule has 0 spiro atoms. The maximum atomic E-state index is 4.75. The molecule has 0 unspecified atom stereocenters. The van der Waals surface area contributed by atoms with Gasteiger partial charge >= 0.3 is 0 Å². The molecule has 0 amide bonds. The van der Waals surface area contributed by atoms with Crippen LogP contribution in [-0.2, 0) is 5.75 Å². The van der Waals surface area contributed by atoms with Crippen LogP contribution in [-0.4, -0.2) is 16.5 Å². The zero-order chi connectivity index (χ0) is 15.2. The van der Waals surface area contributed by atoms with E-state index >= 15 is 0 Å². The van der Waals surface area contributed by atoms with Gasteiger partial charge in [0, 0.05) is 11.4 Å². The highest BCUT2D eigenvalue weighted by Gasteiger charge is 2.14. The van der Waals surface area contributed by atoms with Gasteiger partial charge in [0.2, 0.25) is 0 Å². The van der Waals surface area contributed by atoms with E-state index in [2.05, 4.69) is 77.9 Å². The largest absolute Gasteiger partial charge is 0.369 e. The van der Waals surface area contributed by atoms with Crippen LogP contribution in [0.4, 0.5) is 5.82 Å². The number of nitrogens with one attached hydrogen (secondary N) is 1. The molecule has 0 aliphatic carbocycles. The lowest BCUT2D eigenvalue weighted by Gasteiger charge is -2.14. The Labute approximate surface area is 144 Å². The Hall–Kier alpha value is -0.820. The summed E-state index contributed by atoms with van der Waals surface area (Å²) < 4.78 is 1.14. The van der Waals surface area contributed by atoms with E-state index in [0.717, 1.165) is 33.2 Å². The summed E-state index contributed by atoms with van der Waals surface area (Å²) in [7, 11) is 0. The number of anilines is 1. The van der Waals surface area contributed by atoms with Crippen molar-refractivity contribution < 1.29 is 0 Å². The standard InChI is InChI=1S/C16H20IN3S/c1-4-18-16-14(17)15(11(2)3)19-13(20-16)10-21-12-8-6-5-7-9-12/h5-9,11H,4,10H2,1-3H3,(H,18,19,20). The van der Waals surface area contributed by atoms with Gasteiger partial charge in [-0.1, -0.05) is 32.0 Å². The third-order valence-electron chi connectivity index (χ3n) is 2.93. The SMILES string of the molecule is CCNc1nc(CSc2ccccc2)nc(C(C)C)c1I. The summed E-state index contributed by atoms with van der Waals surface area (Å²) in [6, 6.07) is 10.4. The fourth-order valence-electron chi connectivity index (χ4n) is 1.91. The van der Waals surface area contributed by atoms with Crippen LogP contribution in [0, 0.1) is 3.57 Å². The number of benzene rings is 1. The molecule has 21 heavy (non-hydrogen) atoms. The molecule has 112 valence electrons. The van der Waals surface area contributed by atoms with Crippen LogP contribution < -0.4 is 5.32 Å². The Morgan fingerprint density at radius 1 is 1.19 bits per heavy atom. The third-order valence-corrected chi connectivity index (χ3v) is 5.00. The van der Waals surface area contributed by atoms with E-state index in [9.17, 15) is 0 Å². The van der Waals surface area contributed by atoms with Crippen molar-refractivity contribution >= 4 is 40.2 Å². The number of halogens is 1. The normalized spacial score (nSPS) is 10.9. The summed E-state index contributed by atoms with van der Waals surface area (Å²) in [5.74, 6) is 3.04. The quantitative estimate of drug-likeness (QED) is 0.539. The lowest BCUT2D eigenvalue weighted by atomic mass is 10.1. The van der Waals surface area contributed by atoms with Crippen LogP contribution in [0.3, 0.4) is 0 Å². The average Bonchev–Trinajstić information content (AvgIpc) is 2.49. The Bertz CT molecular complexity index is 588. The molecule has 0 radical (unpaired) electrons. The molecular formula is C16H20IN3S. The maximum absolute atomic E-state index is 4.75. The van der Waals surface area contributed by atoms with Gasteiger partial charge in [0.05, 0.1) is 15.0 Å². The van der Waals surface area contributed by atoms with E-state index < -0.39 is 0 Å². The Balaban J connectivity index is 2.22. The van der Waals surface area contributed by atoms with Crippen molar-refractivity contribution in [3.63, 3.8) is 0 Å². The second-order valence-electron chi connectivity index (χ2n) is 4.97. The minimum atomic E-state index is 0.401. The monoisotopic (exact) mass is 413 g/mol. The molecule has 3 nitrogen and oxygen atoms in total. The highest BCUT2D eigenvalue weighted by atomic mass is 127. The molecule has 0 atom stereocenters. The van der Waals surface area contributed by atoms with Crippen LogP contribution >= 0.6 is 34.4 Å². The van der Waals surface area contributed by atoms with Crippen molar-refractivity contribution in [3.8, 4) is 0 Å². The summed E-state index contributed by atoms with van der Waals surface area (Å²) in [6.07, 6.45) is 0. The molecule has 0 aliphatic heterocycles. The van der Waals surface area contributed by atoms with Gasteiger partial charge in [0.15, 0.2) is 0 Å². The predicted molar refractivity (Wildman–Crippen MR) is 99.0 cm³/mol. The smallest absolute Gasteiger partial charge is 0.143 e. The second kappa shape index (κ2) is 7.98. The van der Waals surface area contributed by atoms with Crippen molar-refractivity contribution in [1.82, 2.24) is 9.97 Å². The topological polar surface area (TPSA) is 37.8 Å². The van der Waals surface area contributed by atoms with E-state index in [4.69, 9.17) is 4.98 Å². The van der Waals surface area contributed by atoms with Crippen LogP contribution in [0.25, 0.3) is 0 Å². The van der Waals surface area contributed by atoms with Crippen molar-refractivity contribution in [2.75, 3.05) is 11.9 Å². The first-order chi connectivity index (χ1) is 10.1. The van der Waals surface area contributed by atoms with Gasteiger partial charge in [-0.2, -0.15) is 0 Å². The van der Waals surface area contributed by atoms with Gasteiger partial charge in [-0.05, 0) is 47.6 Å². The lowest BCUT2D eigenvalue weighted by Crippen LogP contribution is -2.10. The summed E-state index contributed by atoms with van der Waals surface area (Å²) in [4.78, 5) is 10.7. The second-order valence-corrected chi connectivity index (χ2v) is 7.10. The van der Waals surface area contributed by atoms with Crippen LogP contribution in [0.1, 0.15) is 38.2 Å². The Kier molecular flexibility index (Phi) is 6.29. The highest BCUT2D eigenvalue weighted by Crippen LogP contribution is 2.27. The van der Waals surface area contributed by atoms with Gasteiger partial charge in [0.25, 0.3) is 0 Å². The number of nitrogens with zero attached hydrogens (tertiary/aromatic N) is 2. The van der Waals surface area contributed by atoms with Crippen molar-refractivity contribution in [2.45, 2.75) is 37.3 Å². The fourth-order valence-corrected chi connectivity index (χ4v) is 3.74. The van der Waals surface area contributed by atoms with E-state index in [1.54, 1.807) is 11.8 Å². The lowest BCUT2D eigenvalue weighted by molar-refractivity contribution is 0.791. The molecule has 1 N–H and O–H groups in total. The molecular weight excluding hydrogens is 393 g/mol. The molecule has 1 heterocycles. The fraction of sp³-hybridized carbons (Fsp3) is 0.375. The molecule has 0 saturated heterocycles. The van der Waals surface area contributed by atoms with Gasteiger partial charge in [-0.3, -0.25) is 0 Å². The molecule has 5 heteroatoms. The molecule has 0 bridgehead atoms. The number of aromatic nitrogens is 2. The van der Waals surface area contributed by atoms with Gasteiger partial charge in [-0.15, -0.1) is 11.8 Å². The number of hydrogen-bond donors (Lipinski definition) is 1. The van der Waals surface area contributed by atoms with E-state index in [0.29, 0.717) is 5.92 Å². The minimum Gasteiger partial charge on any atom is -0.369 e. The first kappa shape index (κ1) is 16.5. The van der Waals surface area contributed by atoms with E-state index in [-0.39, 0.29) is 0 Å². The van der Waals surface area contributed by atoms with Crippen molar-refractivity contribution in [2.24, 2.45) is 0 Å². The van der Waals surface area contributed by atoms with E-state index in [1.807, 2.05) is 6.07 Å². The summed E-state index contributed by atoms with van der Waals surface area (Å²) in [5, 5.41) is 3.34. The number of hydrogen-bond acceptors (Lipinski definition) is 4. The third kappa shape index (κ3) is 4.57. The van der Waals surface area contributed by atoms with Crippen molar-refractivity contribution in [3.05, 3.63) is 45.4 Å². The molecule has 0 saturated carbocycles. The average molecular weight is 413 g/mol. The van der Waals surface area contributed by atoms with E-state index in [1.165, 1.54) is 4.90 Å². The van der Waals surface area contributed by atoms with Crippen LogP contribution in [0.5, 0.6) is 0 Å². The molecule has 1 aromatic heterocycles. The predicted octanol–water partition coefficient (Wildman–Crippen LogP) is 4.93. The minimum absolute atomic E-state index is 0.401. The Morgan fingerprint density at radius 3 is 2.52 bits per heavy atom. The van der Waals surface area contributed by atoms with Crippen LogP contribution in [0.15, 0.2) is 35.2 Å². The van der Waals surface area contributed by atoms with Crippen molar-refractivity contribution in [1.29, 1.82) is 0 Å². The molecule has 0 aliphatic rings. The Morgan fingerprint density at radius 2 is 1.90 bits per heavy atom. The summed E-state index contributed by atoms with van der Waals surface area (Å²) >= 11 is 4.11. The van der Waals surface area contributed by atoms with Gasteiger partial charge in [-0.25, -0.2) is 9.97 Å². The van der Waals surface area contributed by atoms with Gasteiger partial charge < -0.3 is 5.32 Å². The zero-order valence-electron chi connectivity index (χ0n) is 12.6. The molecule has 0 fully saturated rings. The first-order valence-corrected chi connectivity index (χ1v) is 9.16. The van der Waals surface area contributed by atoms with Crippen LogP contribution in [0.2, 0.25) is 0 Å². The zero-order valence-corrected chi connectivity index (χ0v) is 15.5. The first-order valence-electron chi connectivity index (χ1n) is 7.09. The number of rotatable bonds is 6. The summed E-state index contributed by atoms with van der Waals surface area (Å²) in [6.45, 7) is 7.31. The summed E-state index contributed by atoms with van der Waals surface area (Å²) in [5.41, 5.74) is 1.13. The highest BCUT2D eigenvalue weighted by molar-refractivity contribution is 14.1. The van der Waals surface area contributed by atoms with Gasteiger partial charge in [0.1, 0.15) is 11.6 Å².